The Kier molecular flexibility index (Phi) is 2.98. The largest absolute Gasteiger partial charge is 0.513 e. The second-order valence-electron chi connectivity index (χ2n) is 5.87. The first kappa shape index (κ1) is 13.9. The van der Waals surface area contributed by atoms with E-state index in [2.05, 4.69) is 22.9 Å². The molecule has 2 heterocycles. The summed E-state index contributed by atoms with van der Waals surface area (Å²) >= 11 is 0. The van der Waals surface area contributed by atoms with Gasteiger partial charge in [-0.05, 0) is 24.6 Å². The zero-order chi connectivity index (χ0) is 16.0. The topological polar surface area (TPSA) is 54.0 Å². The van der Waals surface area contributed by atoms with Gasteiger partial charge in [0.05, 0.1) is 12.5 Å². The first-order valence-electron chi connectivity index (χ1n) is 7.39. The number of aryl methyl sites for hydroxylation is 1. The fourth-order valence-corrected chi connectivity index (χ4v) is 3.26. The number of carbonyl (C=O) groups is 1. The van der Waals surface area contributed by atoms with Gasteiger partial charge < -0.3 is 18.9 Å². The number of rotatable bonds is 1. The third kappa shape index (κ3) is 2.04. The van der Waals surface area contributed by atoms with Gasteiger partial charge in [0, 0.05) is 17.2 Å². The van der Waals surface area contributed by atoms with Gasteiger partial charge in [0.15, 0.2) is 0 Å². The number of hydrogen-bond acceptors (Lipinski definition) is 5. The molecule has 0 radical (unpaired) electrons. The maximum Gasteiger partial charge on any atom is 0.513 e. The van der Waals surface area contributed by atoms with Crippen LogP contribution in [0.5, 0.6) is 17.2 Å². The molecule has 1 unspecified atom stereocenters. The van der Waals surface area contributed by atoms with Crippen molar-refractivity contribution in [2.45, 2.75) is 12.3 Å². The monoisotopic (exact) mass is 312 g/mol. The molecule has 118 valence electrons. The van der Waals surface area contributed by atoms with Crippen LogP contribution in [0.3, 0.4) is 0 Å². The summed E-state index contributed by atoms with van der Waals surface area (Å²) in [5, 5.41) is 0. The molecule has 0 bridgehead atoms. The Morgan fingerprint density at radius 3 is 2.39 bits per heavy atom. The van der Waals surface area contributed by atoms with Gasteiger partial charge in [-0.1, -0.05) is 18.2 Å². The molecule has 23 heavy (non-hydrogen) atoms. The van der Waals surface area contributed by atoms with Crippen LogP contribution in [0.15, 0.2) is 36.4 Å². The molecular formula is C18H16O5. The summed E-state index contributed by atoms with van der Waals surface area (Å²) in [6.45, 7) is 3.11. The minimum Gasteiger partial charge on any atom is -0.492 e. The van der Waals surface area contributed by atoms with E-state index in [1.165, 1.54) is 12.7 Å². The molecule has 1 atom stereocenters. The number of benzene rings is 2. The summed E-state index contributed by atoms with van der Waals surface area (Å²) in [6, 6.07) is 11.6. The summed E-state index contributed by atoms with van der Waals surface area (Å²) in [5.41, 5.74) is 3.07. The van der Waals surface area contributed by atoms with Gasteiger partial charge in [0.25, 0.3) is 0 Å². The van der Waals surface area contributed by atoms with E-state index in [-0.39, 0.29) is 5.41 Å². The van der Waals surface area contributed by atoms with E-state index in [9.17, 15) is 4.79 Å². The molecule has 0 saturated heterocycles. The van der Waals surface area contributed by atoms with E-state index >= 15 is 0 Å². The van der Waals surface area contributed by atoms with Crippen LogP contribution in [0, 0.1) is 6.92 Å². The molecule has 0 amide bonds. The van der Waals surface area contributed by atoms with E-state index in [1.807, 2.05) is 13.0 Å². The molecule has 2 aliphatic rings. The van der Waals surface area contributed by atoms with Gasteiger partial charge in [-0.15, -0.1) is 0 Å². The summed E-state index contributed by atoms with van der Waals surface area (Å²) in [4.78, 5) is 11.2. The molecule has 0 aromatic heterocycles. The zero-order valence-electron chi connectivity index (χ0n) is 12.9. The lowest BCUT2D eigenvalue weighted by Crippen LogP contribution is -2.31. The number of methoxy groups -OCH3 is 1. The van der Waals surface area contributed by atoms with Crippen LogP contribution in [0.2, 0.25) is 0 Å². The fraction of sp³-hybridized carbons (Fsp3) is 0.278. The Hall–Kier alpha value is -2.69. The maximum atomic E-state index is 11.2. The van der Waals surface area contributed by atoms with Crippen molar-refractivity contribution in [3.05, 3.63) is 53.1 Å². The van der Waals surface area contributed by atoms with Crippen molar-refractivity contribution in [3.8, 4) is 17.2 Å². The highest BCUT2D eigenvalue weighted by atomic mass is 16.7. The van der Waals surface area contributed by atoms with Crippen LogP contribution in [0.4, 0.5) is 4.79 Å². The smallest absolute Gasteiger partial charge is 0.492 e. The highest BCUT2D eigenvalue weighted by Gasteiger charge is 2.48. The van der Waals surface area contributed by atoms with E-state index in [1.54, 1.807) is 12.1 Å². The quantitative estimate of drug-likeness (QED) is 0.598. The highest BCUT2D eigenvalue weighted by Crippen LogP contribution is 2.51. The molecule has 0 saturated carbocycles. The standard InChI is InChI=1S/C18H16O5/c1-11-3-5-13-15(7-11)21-9-18(13)10-22-16-8-12(4-6-14(16)18)23-17(19)20-2/h3-8H,9-10H2,1-2H3. The van der Waals surface area contributed by atoms with Crippen molar-refractivity contribution in [1.82, 2.24) is 0 Å². The molecule has 4 rings (SSSR count). The van der Waals surface area contributed by atoms with Crippen LogP contribution in [-0.4, -0.2) is 26.5 Å². The molecule has 0 aliphatic carbocycles. The van der Waals surface area contributed by atoms with E-state index in [0.29, 0.717) is 24.7 Å². The molecule has 0 fully saturated rings. The Morgan fingerprint density at radius 2 is 1.70 bits per heavy atom. The maximum absolute atomic E-state index is 11.2. The van der Waals surface area contributed by atoms with Gasteiger partial charge in [0.2, 0.25) is 0 Å². The minimum atomic E-state index is -0.748. The Balaban J connectivity index is 1.74. The highest BCUT2D eigenvalue weighted by molar-refractivity contribution is 5.65. The van der Waals surface area contributed by atoms with Crippen LogP contribution < -0.4 is 14.2 Å². The fourth-order valence-electron chi connectivity index (χ4n) is 3.26. The molecule has 2 aromatic carbocycles. The van der Waals surface area contributed by atoms with E-state index < -0.39 is 6.16 Å². The van der Waals surface area contributed by atoms with Crippen molar-refractivity contribution in [1.29, 1.82) is 0 Å². The minimum absolute atomic E-state index is 0.290. The van der Waals surface area contributed by atoms with Crippen LogP contribution in [-0.2, 0) is 10.2 Å². The second-order valence-corrected chi connectivity index (χ2v) is 5.87. The van der Waals surface area contributed by atoms with Crippen molar-refractivity contribution in [2.75, 3.05) is 20.3 Å². The lowest BCUT2D eigenvalue weighted by molar-refractivity contribution is 0.121. The summed E-state index contributed by atoms with van der Waals surface area (Å²) < 4.78 is 21.3. The van der Waals surface area contributed by atoms with Crippen molar-refractivity contribution >= 4 is 6.16 Å². The van der Waals surface area contributed by atoms with Gasteiger partial charge in [0.1, 0.15) is 30.5 Å². The van der Waals surface area contributed by atoms with E-state index in [0.717, 1.165) is 16.9 Å². The third-order valence-electron chi connectivity index (χ3n) is 4.44. The lowest BCUT2D eigenvalue weighted by atomic mass is 9.78. The van der Waals surface area contributed by atoms with Crippen molar-refractivity contribution in [2.24, 2.45) is 0 Å². The molecule has 2 aliphatic heterocycles. The summed E-state index contributed by atoms with van der Waals surface area (Å²) in [7, 11) is 1.27. The predicted octanol–water partition coefficient (Wildman–Crippen LogP) is 3.21. The Morgan fingerprint density at radius 1 is 1.04 bits per heavy atom. The number of carbonyl (C=O) groups excluding carboxylic acids is 1. The molecule has 5 nitrogen and oxygen atoms in total. The number of fused-ring (bicyclic) bond motifs is 4. The summed E-state index contributed by atoms with van der Waals surface area (Å²) in [6.07, 6.45) is -0.748. The molecule has 2 aromatic rings. The average molecular weight is 312 g/mol. The SMILES string of the molecule is COC(=O)Oc1ccc2c(c1)OCC21COc2cc(C)ccc21. The molecule has 0 N–H and O–H groups in total. The first-order chi connectivity index (χ1) is 11.1. The number of hydrogen-bond donors (Lipinski definition) is 0. The van der Waals surface area contributed by atoms with Crippen LogP contribution in [0.1, 0.15) is 16.7 Å². The molecular weight excluding hydrogens is 296 g/mol. The Bertz CT molecular complexity index is 798. The van der Waals surface area contributed by atoms with Gasteiger partial charge in [-0.25, -0.2) is 4.79 Å². The average Bonchev–Trinajstić information content (AvgIpc) is 3.10. The summed E-state index contributed by atoms with van der Waals surface area (Å²) in [5.74, 6) is 2.02. The van der Waals surface area contributed by atoms with Gasteiger partial charge in [-0.2, -0.15) is 0 Å². The zero-order valence-corrected chi connectivity index (χ0v) is 12.9. The van der Waals surface area contributed by atoms with Crippen LogP contribution >= 0.6 is 0 Å². The van der Waals surface area contributed by atoms with Crippen LogP contribution in [0.25, 0.3) is 0 Å². The second kappa shape index (κ2) is 4.91. The van der Waals surface area contributed by atoms with Crippen molar-refractivity contribution in [3.63, 3.8) is 0 Å². The van der Waals surface area contributed by atoms with Crippen molar-refractivity contribution < 1.29 is 23.7 Å². The molecule has 1 spiro atoms. The number of ether oxygens (including phenoxy) is 4. The van der Waals surface area contributed by atoms with E-state index in [4.69, 9.17) is 14.2 Å². The predicted molar refractivity (Wildman–Crippen MR) is 82.4 cm³/mol. The van der Waals surface area contributed by atoms with Gasteiger partial charge in [-0.3, -0.25) is 0 Å². The molecule has 5 heteroatoms. The Labute approximate surface area is 133 Å². The lowest BCUT2D eigenvalue weighted by Gasteiger charge is -2.20. The third-order valence-corrected chi connectivity index (χ3v) is 4.44. The van der Waals surface area contributed by atoms with Gasteiger partial charge >= 0.3 is 6.16 Å². The first-order valence-corrected chi connectivity index (χ1v) is 7.39. The normalized spacial score (nSPS) is 20.4.